The summed E-state index contributed by atoms with van der Waals surface area (Å²) >= 11 is 11.0. The van der Waals surface area contributed by atoms with Gasteiger partial charge in [0.15, 0.2) is 0 Å². The Morgan fingerprint density at radius 3 is 3.00 bits per heavy atom. The number of alkyl halides is 1. The number of halogens is 2. The molecule has 0 fully saturated rings. The first kappa shape index (κ1) is 9.29. The van der Waals surface area contributed by atoms with E-state index in [4.69, 9.17) is 28.9 Å². The van der Waals surface area contributed by atoms with Gasteiger partial charge in [-0.15, -0.1) is 11.6 Å². The number of nitrogens with zero attached hydrogens (tertiary/aromatic N) is 2. The molecular formula is C7H7Cl2N3. The van der Waals surface area contributed by atoms with E-state index in [-0.39, 0.29) is 0 Å². The number of hydrogen-bond acceptors (Lipinski definition) is 3. The second-order valence-corrected chi connectivity index (χ2v) is 2.72. The van der Waals surface area contributed by atoms with Crippen molar-refractivity contribution in [1.82, 2.24) is 9.97 Å². The summed E-state index contributed by atoms with van der Waals surface area (Å²) < 4.78 is 0. The van der Waals surface area contributed by atoms with Crippen molar-refractivity contribution in [3.05, 3.63) is 23.1 Å². The highest BCUT2D eigenvalue weighted by Crippen LogP contribution is 2.11. The molecule has 3 nitrogen and oxygen atoms in total. The molecule has 0 spiro atoms. The summed E-state index contributed by atoms with van der Waals surface area (Å²) in [5.41, 5.74) is 6.05. The van der Waals surface area contributed by atoms with Crippen LogP contribution in [0, 0.1) is 0 Å². The highest BCUT2D eigenvalue weighted by Gasteiger charge is 1.98. The van der Waals surface area contributed by atoms with Gasteiger partial charge in [-0.2, -0.15) is 0 Å². The third kappa shape index (κ3) is 2.36. The van der Waals surface area contributed by atoms with Gasteiger partial charge in [-0.05, 0) is 6.08 Å². The number of hydrogen-bond donors (Lipinski definition) is 1. The van der Waals surface area contributed by atoms with Crippen LogP contribution < -0.4 is 5.73 Å². The fourth-order valence-electron chi connectivity index (χ4n) is 0.669. The van der Waals surface area contributed by atoms with Crippen LogP contribution in [0.2, 0.25) is 5.15 Å². The lowest BCUT2D eigenvalue weighted by atomic mass is 10.4. The summed E-state index contributed by atoms with van der Waals surface area (Å²) in [5.74, 6) is 0.758. The highest BCUT2D eigenvalue weighted by molar-refractivity contribution is 6.29. The van der Waals surface area contributed by atoms with Gasteiger partial charge in [-0.3, -0.25) is 0 Å². The molecule has 1 aromatic rings. The molecule has 0 aliphatic heterocycles. The van der Waals surface area contributed by atoms with Crippen molar-refractivity contribution >= 4 is 35.1 Å². The second-order valence-electron chi connectivity index (χ2n) is 2.02. The fourth-order valence-corrected chi connectivity index (χ4v) is 0.898. The van der Waals surface area contributed by atoms with Gasteiger partial charge < -0.3 is 5.73 Å². The van der Waals surface area contributed by atoms with Crippen LogP contribution in [0.4, 0.5) is 5.82 Å². The quantitative estimate of drug-likeness (QED) is 0.749. The Morgan fingerprint density at radius 2 is 2.33 bits per heavy atom. The molecule has 0 bridgehead atoms. The van der Waals surface area contributed by atoms with Crippen LogP contribution in [-0.2, 0) is 0 Å². The van der Waals surface area contributed by atoms with Crippen LogP contribution in [0.1, 0.15) is 5.69 Å². The lowest BCUT2D eigenvalue weighted by Gasteiger charge is -1.97. The van der Waals surface area contributed by atoms with Gasteiger partial charge in [0.1, 0.15) is 16.7 Å². The normalized spacial score (nSPS) is 10.8. The van der Waals surface area contributed by atoms with E-state index in [0.717, 1.165) is 0 Å². The maximum Gasteiger partial charge on any atom is 0.149 e. The van der Waals surface area contributed by atoms with Crippen LogP contribution in [-0.4, -0.2) is 15.8 Å². The van der Waals surface area contributed by atoms with Crippen molar-refractivity contribution in [2.45, 2.75) is 0 Å². The Labute approximate surface area is 80.2 Å². The predicted octanol–water partition coefficient (Wildman–Crippen LogP) is 1.96. The van der Waals surface area contributed by atoms with Crippen molar-refractivity contribution in [3.63, 3.8) is 0 Å². The molecule has 0 amide bonds. The molecule has 2 N–H and O–H groups in total. The van der Waals surface area contributed by atoms with Gasteiger partial charge in [0, 0.05) is 5.88 Å². The van der Waals surface area contributed by atoms with E-state index in [9.17, 15) is 0 Å². The lowest BCUT2D eigenvalue weighted by Crippen LogP contribution is -1.96. The Balaban J connectivity index is 2.97. The molecule has 0 aromatic carbocycles. The third-order valence-corrected chi connectivity index (χ3v) is 1.52. The first-order valence-corrected chi connectivity index (χ1v) is 4.16. The van der Waals surface area contributed by atoms with E-state index in [1.165, 1.54) is 6.20 Å². The van der Waals surface area contributed by atoms with E-state index < -0.39 is 0 Å². The minimum atomic E-state index is 0.318. The predicted molar refractivity (Wildman–Crippen MR) is 51.2 cm³/mol. The number of aromatic nitrogens is 2. The zero-order valence-corrected chi connectivity index (χ0v) is 7.68. The van der Waals surface area contributed by atoms with Gasteiger partial charge >= 0.3 is 0 Å². The van der Waals surface area contributed by atoms with Crippen molar-refractivity contribution in [3.8, 4) is 0 Å². The Kier molecular flexibility index (Phi) is 3.31. The maximum absolute atomic E-state index is 5.60. The van der Waals surface area contributed by atoms with Crippen molar-refractivity contribution < 1.29 is 0 Å². The molecule has 0 aliphatic rings. The number of allylic oxidation sites excluding steroid dienone is 1. The van der Waals surface area contributed by atoms with Gasteiger partial charge in [-0.25, -0.2) is 9.97 Å². The SMILES string of the molecule is Nc1ncc(Cl)nc1C=CCCl. The van der Waals surface area contributed by atoms with Crippen molar-refractivity contribution in [1.29, 1.82) is 0 Å². The molecule has 0 unspecified atom stereocenters. The second kappa shape index (κ2) is 4.28. The summed E-state index contributed by atoms with van der Waals surface area (Å²) in [6.07, 6.45) is 4.80. The summed E-state index contributed by atoms with van der Waals surface area (Å²) in [6, 6.07) is 0. The molecule has 5 heteroatoms. The van der Waals surface area contributed by atoms with Crippen molar-refractivity contribution in [2.75, 3.05) is 11.6 Å². The smallest absolute Gasteiger partial charge is 0.149 e. The van der Waals surface area contributed by atoms with Crippen LogP contribution in [0.3, 0.4) is 0 Å². The molecule has 0 aliphatic carbocycles. The lowest BCUT2D eigenvalue weighted by molar-refractivity contribution is 1.19. The van der Waals surface area contributed by atoms with Gasteiger partial charge in [0.2, 0.25) is 0 Å². The largest absolute Gasteiger partial charge is 0.382 e. The molecule has 64 valence electrons. The molecule has 0 atom stereocenters. The Morgan fingerprint density at radius 1 is 1.58 bits per heavy atom. The van der Waals surface area contributed by atoms with Crippen LogP contribution >= 0.6 is 23.2 Å². The maximum atomic E-state index is 5.60. The van der Waals surface area contributed by atoms with E-state index in [1.54, 1.807) is 12.2 Å². The number of nitrogen functional groups attached to an aromatic ring is 1. The first-order chi connectivity index (χ1) is 5.74. The fraction of sp³-hybridized carbons (Fsp3) is 0.143. The Bertz CT molecular complexity index is 299. The first-order valence-electron chi connectivity index (χ1n) is 3.24. The van der Waals surface area contributed by atoms with Gasteiger partial charge in [0.25, 0.3) is 0 Å². The zero-order chi connectivity index (χ0) is 8.97. The molecule has 0 saturated heterocycles. The van der Waals surface area contributed by atoms with Crippen molar-refractivity contribution in [2.24, 2.45) is 0 Å². The minimum Gasteiger partial charge on any atom is -0.382 e. The molecule has 0 saturated carbocycles. The Hall–Kier alpha value is -0.800. The molecule has 0 radical (unpaired) electrons. The number of anilines is 1. The molecule has 1 rings (SSSR count). The van der Waals surface area contributed by atoms with Gasteiger partial charge in [0.05, 0.1) is 6.20 Å². The number of rotatable bonds is 2. The van der Waals surface area contributed by atoms with E-state index in [0.29, 0.717) is 22.5 Å². The standard InChI is InChI=1S/C7H7Cl2N3/c8-3-1-2-5-7(10)11-4-6(9)12-5/h1-2,4H,3H2,(H2,10,11). The van der Waals surface area contributed by atoms with Crippen LogP contribution in [0.5, 0.6) is 0 Å². The van der Waals surface area contributed by atoms with Gasteiger partial charge in [-0.1, -0.05) is 17.7 Å². The summed E-state index contributed by atoms with van der Waals surface area (Å²) in [4.78, 5) is 7.76. The molecule has 1 aromatic heterocycles. The molecule has 12 heavy (non-hydrogen) atoms. The zero-order valence-electron chi connectivity index (χ0n) is 6.17. The summed E-state index contributed by atoms with van der Waals surface area (Å²) in [7, 11) is 0. The van der Waals surface area contributed by atoms with E-state index >= 15 is 0 Å². The average molecular weight is 204 g/mol. The monoisotopic (exact) mass is 203 g/mol. The summed E-state index contributed by atoms with van der Waals surface area (Å²) in [5, 5.41) is 0.318. The van der Waals surface area contributed by atoms with Crippen LogP contribution in [0.25, 0.3) is 6.08 Å². The molecule has 1 heterocycles. The average Bonchev–Trinajstić information content (AvgIpc) is 2.07. The molecular weight excluding hydrogens is 197 g/mol. The van der Waals surface area contributed by atoms with E-state index in [1.807, 2.05) is 0 Å². The summed E-state index contributed by atoms with van der Waals surface area (Å²) in [6.45, 7) is 0. The van der Waals surface area contributed by atoms with E-state index in [2.05, 4.69) is 9.97 Å². The third-order valence-electron chi connectivity index (χ3n) is 1.16. The topological polar surface area (TPSA) is 51.8 Å². The minimum absolute atomic E-state index is 0.318. The number of nitrogens with two attached hydrogens (primary N) is 1. The van der Waals surface area contributed by atoms with Crippen LogP contribution in [0.15, 0.2) is 12.3 Å². The highest BCUT2D eigenvalue weighted by atomic mass is 35.5.